The van der Waals surface area contributed by atoms with Gasteiger partial charge in [0.25, 0.3) is 5.91 Å². The Morgan fingerprint density at radius 2 is 2.04 bits per heavy atom. The summed E-state index contributed by atoms with van der Waals surface area (Å²) in [6, 6.07) is 6.51. The van der Waals surface area contributed by atoms with Crippen LogP contribution in [-0.4, -0.2) is 47.6 Å². The standard InChI is InChI=1S/C20H23N3O4S/c1-20(2,10-28-5)22-19(26)12-9-14(24)17(25)18-16(12)21-13-7-6-11(23(3)4)8-15(13)27-18/h6-9,25H,10H2,1-5H3,(H,22,26). The molecule has 3 rings (SSSR count). The predicted octanol–water partition coefficient (Wildman–Crippen LogP) is 2.94. The molecule has 0 fully saturated rings. The van der Waals surface area contributed by atoms with Crippen molar-refractivity contribution in [1.82, 2.24) is 10.3 Å². The minimum absolute atomic E-state index is 0.0781. The van der Waals surface area contributed by atoms with Gasteiger partial charge in [0.2, 0.25) is 11.2 Å². The van der Waals surface area contributed by atoms with Crippen LogP contribution in [0.4, 0.5) is 5.69 Å². The van der Waals surface area contributed by atoms with E-state index in [9.17, 15) is 14.7 Å². The fraction of sp³-hybridized carbons (Fsp3) is 0.350. The number of fused-ring (bicyclic) bond motifs is 2. The van der Waals surface area contributed by atoms with Crippen molar-refractivity contribution in [2.24, 2.45) is 0 Å². The van der Waals surface area contributed by atoms with E-state index in [0.29, 0.717) is 16.9 Å². The number of amides is 1. The Kier molecular flexibility index (Phi) is 5.25. The highest BCUT2D eigenvalue weighted by molar-refractivity contribution is 7.98. The molecule has 2 aliphatic rings. The highest BCUT2D eigenvalue weighted by Gasteiger charge is 2.28. The number of rotatable bonds is 5. The van der Waals surface area contributed by atoms with Gasteiger partial charge >= 0.3 is 0 Å². The Morgan fingerprint density at radius 3 is 2.68 bits per heavy atom. The fourth-order valence-electron chi connectivity index (χ4n) is 2.95. The molecule has 28 heavy (non-hydrogen) atoms. The predicted molar refractivity (Wildman–Crippen MR) is 113 cm³/mol. The zero-order valence-electron chi connectivity index (χ0n) is 16.5. The van der Waals surface area contributed by atoms with Crippen molar-refractivity contribution in [3.8, 4) is 17.2 Å². The average molecular weight is 401 g/mol. The first-order chi connectivity index (χ1) is 13.1. The van der Waals surface area contributed by atoms with Gasteiger partial charge in [-0.2, -0.15) is 11.8 Å². The molecule has 8 heteroatoms. The minimum Gasteiger partial charge on any atom is -0.501 e. The lowest BCUT2D eigenvalue weighted by Crippen LogP contribution is -2.45. The number of nitrogens with one attached hydrogen (secondary N) is 1. The summed E-state index contributed by atoms with van der Waals surface area (Å²) >= 11 is 1.61. The van der Waals surface area contributed by atoms with Crippen molar-refractivity contribution >= 4 is 34.5 Å². The third-order valence-corrected chi connectivity index (χ3v) is 5.31. The second-order valence-electron chi connectivity index (χ2n) is 7.48. The van der Waals surface area contributed by atoms with E-state index in [-0.39, 0.29) is 17.0 Å². The van der Waals surface area contributed by atoms with Crippen LogP contribution in [0.3, 0.4) is 0 Å². The summed E-state index contributed by atoms with van der Waals surface area (Å²) in [5.41, 5.74) is 0.885. The van der Waals surface area contributed by atoms with E-state index < -0.39 is 22.6 Å². The number of carbonyl (C=O) groups excluding carboxylic acids is 1. The lowest BCUT2D eigenvalue weighted by Gasteiger charge is -2.25. The number of phenols is 1. The molecule has 1 amide bonds. The Morgan fingerprint density at radius 1 is 1.32 bits per heavy atom. The van der Waals surface area contributed by atoms with Crippen molar-refractivity contribution in [3.05, 3.63) is 40.1 Å². The topological polar surface area (TPSA) is 95.7 Å². The molecule has 0 bridgehead atoms. The zero-order chi connectivity index (χ0) is 20.6. The molecule has 0 saturated carbocycles. The van der Waals surface area contributed by atoms with Crippen LogP contribution in [0.2, 0.25) is 0 Å². The van der Waals surface area contributed by atoms with E-state index in [1.165, 1.54) is 0 Å². The van der Waals surface area contributed by atoms with Gasteiger partial charge in [0.15, 0.2) is 11.3 Å². The molecule has 1 aliphatic heterocycles. The van der Waals surface area contributed by atoms with E-state index >= 15 is 0 Å². The number of nitrogens with zero attached hydrogens (tertiary/aromatic N) is 2. The molecule has 0 atom stereocenters. The van der Waals surface area contributed by atoms with Crippen LogP contribution in [0, 0.1) is 0 Å². The summed E-state index contributed by atoms with van der Waals surface area (Å²) in [7, 11) is 3.78. The molecule has 1 heterocycles. The summed E-state index contributed by atoms with van der Waals surface area (Å²) in [6.07, 6.45) is 1.95. The largest absolute Gasteiger partial charge is 0.501 e. The summed E-state index contributed by atoms with van der Waals surface area (Å²) < 4.78 is 5.79. The lowest BCUT2D eigenvalue weighted by atomic mass is 10.0. The van der Waals surface area contributed by atoms with Gasteiger partial charge in [-0.25, -0.2) is 4.98 Å². The van der Waals surface area contributed by atoms with Gasteiger partial charge in [-0.3, -0.25) is 9.59 Å². The van der Waals surface area contributed by atoms with Crippen molar-refractivity contribution in [2.45, 2.75) is 19.4 Å². The normalized spacial score (nSPS) is 11.8. The van der Waals surface area contributed by atoms with E-state index in [0.717, 1.165) is 11.8 Å². The average Bonchev–Trinajstić information content (AvgIpc) is 2.62. The van der Waals surface area contributed by atoms with Crippen molar-refractivity contribution < 1.29 is 14.3 Å². The van der Waals surface area contributed by atoms with E-state index in [1.807, 2.05) is 45.2 Å². The second-order valence-corrected chi connectivity index (χ2v) is 8.35. The fourth-order valence-corrected chi connectivity index (χ4v) is 3.75. The molecular weight excluding hydrogens is 378 g/mol. The maximum absolute atomic E-state index is 12.9. The quantitative estimate of drug-likeness (QED) is 0.635. The van der Waals surface area contributed by atoms with Crippen LogP contribution in [0.15, 0.2) is 33.5 Å². The highest BCUT2D eigenvalue weighted by Crippen LogP contribution is 2.34. The number of hydrogen-bond acceptors (Lipinski definition) is 7. The van der Waals surface area contributed by atoms with Gasteiger partial charge in [0, 0.05) is 43.2 Å². The van der Waals surface area contributed by atoms with Crippen LogP contribution in [-0.2, 0) is 0 Å². The number of aromatic nitrogens is 1. The second kappa shape index (κ2) is 7.35. The Labute approximate surface area is 167 Å². The van der Waals surface area contributed by atoms with Crippen LogP contribution in [0.25, 0.3) is 22.6 Å². The number of phenolic OH excluding ortho intramolecular Hbond substituents is 1. The molecule has 0 unspecified atom stereocenters. The third kappa shape index (κ3) is 3.77. The minimum atomic E-state index is -0.686. The molecule has 0 spiro atoms. The first-order valence-electron chi connectivity index (χ1n) is 8.72. The molecule has 0 saturated heterocycles. The lowest BCUT2D eigenvalue weighted by molar-refractivity contribution is 0.0921. The van der Waals surface area contributed by atoms with Crippen LogP contribution in [0.1, 0.15) is 24.2 Å². The Bertz CT molecular complexity index is 1070. The number of hydrogen-bond donors (Lipinski definition) is 2. The van der Waals surface area contributed by atoms with Crippen LogP contribution < -0.4 is 15.6 Å². The molecule has 148 valence electrons. The molecule has 1 aromatic carbocycles. The summed E-state index contributed by atoms with van der Waals surface area (Å²) in [5, 5.41) is 13.1. The number of benzene rings is 2. The van der Waals surface area contributed by atoms with E-state index in [2.05, 4.69) is 10.3 Å². The molecular formula is C20H23N3O4S. The molecule has 2 N–H and O–H groups in total. The SMILES string of the molecule is CSCC(C)(C)NC(=O)c1cc(=O)c(O)c2oc3cc(N(C)C)ccc3nc1-2. The highest BCUT2D eigenvalue weighted by atomic mass is 32.2. The molecule has 0 aromatic heterocycles. The first kappa shape index (κ1) is 20.0. The van der Waals surface area contributed by atoms with Gasteiger partial charge in [0.1, 0.15) is 11.2 Å². The monoisotopic (exact) mass is 401 g/mol. The maximum atomic E-state index is 12.9. The zero-order valence-corrected chi connectivity index (χ0v) is 17.3. The van der Waals surface area contributed by atoms with Crippen molar-refractivity contribution in [3.63, 3.8) is 0 Å². The van der Waals surface area contributed by atoms with Gasteiger partial charge in [0.05, 0.1) is 5.56 Å². The smallest absolute Gasteiger partial charge is 0.254 e. The Balaban J connectivity index is 2.19. The van der Waals surface area contributed by atoms with Gasteiger partial charge in [-0.05, 0) is 32.2 Å². The molecule has 7 nitrogen and oxygen atoms in total. The summed E-state index contributed by atoms with van der Waals surface area (Å²) in [4.78, 5) is 31.5. The number of anilines is 1. The van der Waals surface area contributed by atoms with Crippen molar-refractivity contribution in [1.29, 1.82) is 0 Å². The molecule has 1 aromatic rings. The summed E-state index contributed by atoms with van der Waals surface area (Å²) in [6.45, 7) is 3.80. The van der Waals surface area contributed by atoms with Crippen LogP contribution in [0.5, 0.6) is 5.75 Å². The third-order valence-electron chi connectivity index (χ3n) is 4.30. The number of carbonyl (C=O) groups is 1. The van der Waals surface area contributed by atoms with Crippen LogP contribution >= 0.6 is 11.8 Å². The Hall–Kier alpha value is -2.74. The number of aromatic hydroxyl groups is 1. The van der Waals surface area contributed by atoms with Gasteiger partial charge in [-0.15, -0.1) is 0 Å². The van der Waals surface area contributed by atoms with E-state index in [1.54, 1.807) is 23.9 Å². The van der Waals surface area contributed by atoms with Crippen molar-refractivity contribution in [2.75, 3.05) is 31.0 Å². The first-order valence-corrected chi connectivity index (χ1v) is 10.1. The van der Waals surface area contributed by atoms with Gasteiger partial charge in [-0.1, -0.05) is 0 Å². The maximum Gasteiger partial charge on any atom is 0.254 e. The van der Waals surface area contributed by atoms with E-state index in [4.69, 9.17) is 4.42 Å². The summed E-state index contributed by atoms with van der Waals surface area (Å²) in [5.74, 6) is -0.385. The van der Waals surface area contributed by atoms with Gasteiger partial charge < -0.3 is 19.7 Å². The molecule has 0 radical (unpaired) electrons. The molecule has 1 aliphatic carbocycles. The number of thioether (sulfide) groups is 1.